The van der Waals surface area contributed by atoms with Crippen molar-refractivity contribution >= 4 is 17.4 Å². The fourth-order valence-electron chi connectivity index (χ4n) is 2.90. The molecule has 1 saturated carbocycles. The topological polar surface area (TPSA) is 78.3 Å². The summed E-state index contributed by atoms with van der Waals surface area (Å²) >= 11 is 5.71. The molecule has 25 heavy (non-hydrogen) atoms. The first kappa shape index (κ1) is 17.8. The van der Waals surface area contributed by atoms with Crippen LogP contribution in [-0.4, -0.2) is 32.1 Å². The van der Waals surface area contributed by atoms with Gasteiger partial charge in [-0.05, 0) is 44.0 Å². The van der Waals surface area contributed by atoms with E-state index in [-0.39, 0.29) is 22.4 Å². The van der Waals surface area contributed by atoms with Gasteiger partial charge in [-0.3, -0.25) is 0 Å². The van der Waals surface area contributed by atoms with Crippen molar-refractivity contribution in [3.8, 4) is 17.0 Å². The summed E-state index contributed by atoms with van der Waals surface area (Å²) in [5, 5.41) is 30.0. The van der Waals surface area contributed by atoms with Crippen molar-refractivity contribution in [3.63, 3.8) is 0 Å². The molecule has 0 unspecified atom stereocenters. The number of nitrogens with zero attached hydrogens (tertiary/aromatic N) is 2. The first-order chi connectivity index (χ1) is 11.5. The van der Waals surface area contributed by atoms with Gasteiger partial charge in [0.1, 0.15) is 17.3 Å². The molecule has 134 valence electrons. The monoisotopic (exact) mass is 373 g/mol. The first-order valence-corrected chi connectivity index (χ1v) is 7.86. The second-order valence-corrected chi connectivity index (χ2v) is 6.83. The Bertz CT molecular complexity index is 804. The highest BCUT2D eigenvalue weighted by Gasteiger charge is 2.40. The third-order valence-electron chi connectivity index (χ3n) is 4.04. The molecule has 0 atom stereocenters. The number of aliphatic hydroxyl groups is 1. The standard InChI is InChI=1S/C16H15ClF3N3O2/c1-15(25)6-9(7-15)21-13-5-11(16(18,19)20)14(23-22-13)10-3-2-8(17)4-12(10)24/h2-5,9,24-25H,6-7H2,1H3,(H,21,22)/t9-,15-. The lowest BCUT2D eigenvalue weighted by atomic mass is 9.77. The number of benzene rings is 1. The van der Waals surface area contributed by atoms with Gasteiger partial charge in [-0.15, -0.1) is 10.2 Å². The number of phenols is 1. The molecule has 3 rings (SSSR count). The zero-order valence-electron chi connectivity index (χ0n) is 13.1. The van der Waals surface area contributed by atoms with Gasteiger partial charge in [0.15, 0.2) is 0 Å². The van der Waals surface area contributed by atoms with Gasteiger partial charge in [-0.25, -0.2) is 0 Å². The third-order valence-corrected chi connectivity index (χ3v) is 4.27. The van der Waals surface area contributed by atoms with Crippen LogP contribution >= 0.6 is 11.6 Å². The molecule has 1 fully saturated rings. The number of aromatic hydroxyl groups is 1. The van der Waals surface area contributed by atoms with Gasteiger partial charge in [-0.2, -0.15) is 13.2 Å². The number of hydrogen-bond acceptors (Lipinski definition) is 5. The molecule has 9 heteroatoms. The smallest absolute Gasteiger partial charge is 0.418 e. The van der Waals surface area contributed by atoms with Crippen LogP contribution < -0.4 is 5.32 Å². The van der Waals surface area contributed by atoms with E-state index in [0.29, 0.717) is 12.8 Å². The summed E-state index contributed by atoms with van der Waals surface area (Å²) in [4.78, 5) is 0. The van der Waals surface area contributed by atoms with Crippen LogP contribution in [0, 0.1) is 0 Å². The van der Waals surface area contributed by atoms with E-state index < -0.39 is 28.8 Å². The summed E-state index contributed by atoms with van der Waals surface area (Å²) in [6.45, 7) is 1.66. The molecule has 0 saturated heterocycles. The van der Waals surface area contributed by atoms with Gasteiger partial charge < -0.3 is 15.5 Å². The fraction of sp³-hybridized carbons (Fsp3) is 0.375. The second kappa shape index (κ2) is 6.03. The third kappa shape index (κ3) is 3.80. The number of alkyl halides is 3. The lowest BCUT2D eigenvalue weighted by Crippen LogP contribution is -2.48. The lowest BCUT2D eigenvalue weighted by molar-refractivity contribution is -0.137. The highest BCUT2D eigenvalue weighted by Crippen LogP contribution is 2.41. The Morgan fingerprint density at radius 2 is 1.92 bits per heavy atom. The Morgan fingerprint density at radius 1 is 1.24 bits per heavy atom. The van der Waals surface area contributed by atoms with Crippen LogP contribution in [-0.2, 0) is 6.18 Å². The van der Waals surface area contributed by atoms with Crippen molar-refractivity contribution in [1.82, 2.24) is 10.2 Å². The molecule has 1 aliphatic carbocycles. The first-order valence-electron chi connectivity index (χ1n) is 7.48. The molecule has 1 heterocycles. The normalized spacial score (nSPS) is 23.2. The zero-order chi connectivity index (χ0) is 18.4. The molecule has 0 aliphatic heterocycles. The van der Waals surface area contributed by atoms with Crippen LogP contribution in [0.5, 0.6) is 5.75 Å². The van der Waals surface area contributed by atoms with E-state index in [1.54, 1.807) is 6.92 Å². The number of halogens is 4. The van der Waals surface area contributed by atoms with E-state index in [4.69, 9.17) is 11.6 Å². The summed E-state index contributed by atoms with van der Waals surface area (Å²) in [6, 6.07) is 4.44. The number of anilines is 1. The lowest BCUT2D eigenvalue weighted by Gasteiger charge is -2.41. The van der Waals surface area contributed by atoms with Crippen molar-refractivity contribution < 1.29 is 23.4 Å². The van der Waals surface area contributed by atoms with Gasteiger partial charge in [-0.1, -0.05) is 11.6 Å². The molecule has 1 aromatic heterocycles. The minimum atomic E-state index is -4.68. The van der Waals surface area contributed by atoms with Gasteiger partial charge in [0.2, 0.25) is 0 Å². The summed E-state index contributed by atoms with van der Waals surface area (Å²) in [7, 11) is 0. The maximum absolute atomic E-state index is 13.4. The number of phenolic OH excluding ortho intramolecular Hbond substituents is 1. The predicted octanol–water partition coefficient (Wildman–Crippen LogP) is 3.85. The largest absolute Gasteiger partial charge is 0.507 e. The van der Waals surface area contributed by atoms with Crippen LogP contribution in [0.2, 0.25) is 5.02 Å². The van der Waals surface area contributed by atoms with E-state index in [9.17, 15) is 23.4 Å². The predicted molar refractivity (Wildman–Crippen MR) is 86.4 cm³/mol. The quantitative estimate of drug-likeness (QED) is 0.761. The SMILES string of the molecule is C[C@]1(O)C[C@H](Nc2cc(C(F)(F)F)c(-c3ccc(Cl)cc3O)nn2)C1. The van der Waals surface area contributed by atoms with Gasteiger partial charge in [0, 0.05) is 16.6 Å². The summed E-state index contributed by atoms with van der Waals surface area (Å²) in [5.41, 5.74) is -2.42. The minimum Gasteiger partial charge on any atom is -0.507 e. The Balaban J connectivity index is 1.96. The van der Waals surface area contributed by atoms with E-state index in [1.807, 2.05) is 0 Å². The molecule has 1 aliphatic rings. The molecule has 1 aromatic carbocycles. The van der Waals surface area contributed by atoms with Crippen molar-refractivity contribution in [2.45, 2.75) is 37.6 Å². The molecule has 0 amide bonds. The Morgan fingerprint density at radius 3 is 2.48 bits per heavy atom. The molecule has 2 aromatic rings. The van der Waals surface area contributed by atoms with E-state index in [0.717, 1.165) is 12.1 Å². The molecule has 0 radical (unpaired) electrons. The van der Waals surface area contributed by atoms with Crippen LogP contribution in [0.15, 0.2) is 24.3 Å². The average Bonchev–Trinajstić information content (AvgIpc) is 2.45. The highest BCUT2D eigenvalue weighted by atomic mass is 35.5. The second-order valence-electron chi connectivity index (χ2n) is 6.40. The maximum atomic E-state index is 13.4. The Labute approximate surface area is 146 Å². The van der Waals surface area contributed by atoms with E-state index in [2.05, 4.69) is 15.5 Å². The molecule has 0 bridgehead atoms. The molecular weight excluding hydrogens is 359 g/mol. The Hall–Kier alpha value is -2.06. The molecular formula is C16H15ClF3N3O2. The molecule has 0 spiro atoms. The van der Waals surface area contributed by atoms with Gasteiger partial charge in [0.25, 0.3) is 0 Å². The zero-order valence-corrected chi connectivity index (χ0v) is 13.9. The molecule has 5 nitrogen and oxygen atoms in total. The summed E-state index contributed by atoms with van der Waals surface area (Å²) in [6.07, 6.45) is -3.86. The number of rotatable bonds is 3. The summed E-state index contributed by atoms with van der Waals surface area (Å²) < 4.78 is 40.3. The van der Waals surface area contributed by atoms with Crippen LogP contribution in [0.4, 0.5) is 19.0 Å². The fourth-order valence-corrected chi connectivity index (χ4v) is 3.06. The number of hydrogen-bond donors (Lipinski definition) is 3. The number of aromatic nitrogens is 2. The maximum Gasteiger partial charge on any atom is 0.418 e. The Kier molecular flexibility index (Phi) is 4.28. The average molecular weight is 374 g/mol. The minimum absolute atomic E-state index is 0.0370. The van der Waals surface area contributed by atoms with E-state index >= 15 is 0 Å². The van der Waals surface area contributed by atoms with Crippen molar-refractivity contribution in [3.05, 3.63) is 34.9 Å². The summed E-state index contributed by atoms with van der Waals surface area (Å²) in [5.74, 6) is -0.451. The van der Waals surface area contributed by atoms with E-state index in [1.165, 1.54) is 12.1 Å². The highest BCUT2D eigenvalue weighted by molar-refractivity contribution is 6.30. The van der Waals surface area contributed by atoms with Crippen LogP contribution in [0.25, 0.3) is 11.3 Å². The van der Waals surface area contributed by atoms with Crippen LogP contribution in [0.3, 0.4) is 0 Å². The van der Waals surface area contributed by atoms with Crippen LogP contribution in [0.1, 0.15) is 25.3 Å². The van der Waals surface area contributed by atoms with Crippen molar-refractivity contribution in [2.24, 2.45) is 0 Å². The molecule has 3 N–H and O–H groups in total. The van der Waals surface area contributed by atoms with Crippen molar-refractivity contribution in [2.75, 3.05) is 5.32 Å². The van der Waals surface area contributed by atoms with Crippen molar-refractivity contribution in [1.29, 1.82) is 0 Å². The van der Waals surface area contributed by atoms with Gasteiger partial charge >= 0.3 is 6.18 Å². The van der Waals surface area contributed by atoms with Gasteiger partial charge in [0.05, 0.1) is 11.2 Å². The number of nitrogens with one attached hydrogen (secondary N) is 1.